The molecular weight excluding hydrogens is 590 g/mol. The van der Waals surface area contributed by atoms with E-state index in [2.05, 4.69) is 46.4 Å². The van der Waals surface area contributed by atoms with Crippen molar-refractivity contribution >= 4 is 17.9 Å². The molecule has 1 fully saturated rings. The number of nitrogens with one attached hydrogen (secondary N) is 1. The number of anilines is 1. The maximum atomic E-state index is 13.6. The lowest BCUT2D eigenvalue weighted by atomic mass is 9.89. The fourth-order valence-corrected chi connectivity index (χ4v) is 7.33. The van der Waals surface area contributed by atoms with Gasteiger partial charge >= 0.3 is 12.2 Å². The van der Waals surface area contributed by atoms with E-state index in [1.165, 1.54) is 28.1 Å². The van der Waals surface area contributed by atoms with Gasteiger partial charge in [-0.15, -0.1) is 0 Å². The lowest BCUT2D eigenvalue weighted by molar-refractivity contribution is 0.00644. The molecule has 9 heteroatoms. The van der Waals surface area contributed by atoms with Gasteiger partial charge in [0.05, 0.1) is 17.8 Å². The smallest absolute Gasteiger partial charge is 0.410 e. The van der Waals surface area contributed by atoms with Gasteiger partial charge in [-0.05, 0) is 101 Å². The van der Waals surface area contributed by atoms with Gasteiger partial charge in [-0.2, -0.15) is 0 Å². The predicted molar refractivity (Wildman–Crippen MR) is 183 cm³/mol. The largest absolute Gasteiger partial charge is 0.445 e. The number of piperidine rings is 1. The van der Waals surface area contributed by atoms with Crippen LogP contribution in [0.15, 0.2) is 66.9 Å². The van der Waals surface area contributed by atoms with Gasteiger partial charge < -0.3 is 19.7 Å². The van der Waals surface area contributed by atoms with Gasteiger partial charge in [0.2, 0.25) is 0 Å². The average molecular weight is 640 g/mol. The Morgan fingerprint density at radius 1 is 0.979 bits per heavy atom. The van der Waals surface area contributed by atoms with Crippen LogP contribution in [0, 0.1) is 0 Å². The highest BCUT2D eigenvalue weighted by atomic mass is 16.6. The topological polar surface area (TPSA) is 87.2 Å². The summed E-state index contributed by atoms with van der Waals surface area (Å²) in [5.41, 5.74) is 6.60. The summed E-state index contributed by atoms with van der Waals surface area (Å²) in [5, 5.41) is 3.07. The van der Waals surface area contributed by atoms with Crippen LogP contribution in [0.1, 0.15) is 80.4 Å². The predicted octanol–water partition coefficient (Wildman–Crippen LogP) is 6.65. The Morgan fingerprint density at radius 2 is 1.74 bits per heavy atom. The molecular formula is C38H49N5O4. The van der Waals surface area contributed by atoms with Crippen molar-refractivity contribution in [3.05, 3.63) is 94.8 Å². The monoisotopic (exact) mass is 639 g/mol. The standard InChI is InChI=1S/C38H49N5O4/c1-38(2,3)47-37(45)43-24-29-14-9-16-33(42-21-18-30(19-22-42)40-36(44)46-26-27-11-6-5-7-12-27)32(29)23-31(43)25-41(4)34-17-8-13-28-15-10-20-39-35(28)34/h5-7,9-12,14-16,20,30-31,34H,8,13,17-19,21-26H2,1-4H3,(H,40,44)/t31-,34+/m1/s1. The van der Waals surface area contributed by atoms with Gasteiger partial charge in [-0.1, -0.05) is 48.5 Å². The van der Waals surface area contributed by atoms with Crippen LogP contribution in [-0.2, 0) is 35.5 Å². The SMILES string of the molecule is CN(C[C@H]1Cc2c(cccc2N2CCC(NC(=O)OCc3ccccc3)CC2)CN1C(=O)OC(C)(C)C)[C@H]1CCCc2cccnc21. The van der Waals surface area contributed by atoms with E-state index in [9.17, 15) is 9.59 Å². The maximum Gasteiger partial charge on any atom is 0.410 e. The Hall–Kier alpha value is -4.11. The minimum absolute atomic E-state index is 0.0452. The molecule has 0 spiro atoms. The summed E-state index contributed by atoms with van der Waals surface area (Å²) < 4.78 is 11.4. The number of hydrogen-bond acceptors (Lipinski definition) is 7. The molecule has 3 aliphatic rings. The van der Waals surface area contributed by atoms with Crippen molar-refractivity contribution in [3.63, 3.8) is 0 Å². The molecule has 2 amide bonds. The van der Waals surface area contributed by atoms with Crippen molar-refractivity contribution in [2.45, 2.75) is 96.2 Å². The fraction of sp³-hybridized carbons (Fsp3) is 0.500. The van der Waals surface area contributed by atoms with Crippen molar-refractivity contribution < 1.29 is 19.1 Å². The number of amides is 2. The van der Waals surface area contributed by atoms with E-state index in [4.69, 9.17) is 14.5 Å². The first-order chi connectivity index (χ1) is 22.6. The number of aryl methyl sites for hydroxylation is 1. The third kappa shape index (κ3) is 8.07. The highest BCUT2D eigenvalue weighted by Gasteiger charge is 2.37. The molecule has 0 saturated carbocycles. The quantitative estimate of drug-likeness (QED) is 0.310. The number of fused-ring (bicyclic) bond motifs is 2. The highest BCUT2D eigenvalue weighted by Crippen LogP contribution is 2.36. The Balaban J connectivity index is 1.15. The third-order valence-corrected chi connectivity index (χ3v) is 9.66. The average Bonchev–Trinajstić information content (AvgIpc) is 3.06. The van der Waals surface area contributed by atoms with E-state index in [1.807, 2.05) is 68.3 Å². The summed E-state index contributed by atoms with van der Waals surface area (Å²) in [6.45, 7) is 8.96. The van der Waals surface area contributed by atoms with Gasteiger partial charge in [0.25, 0.3) is 0 Å². The van der Waals surface area contributed by atoms with Crippen molar-refractivity contribution in [3.8, 4) is 0 Å². The number of alkyl carbamates (subject to hydrolysis) is 1. The number of nitrogens with zero attached hydrogens (tertiary/aromatic N) is 4. The summed E-state index contributed by atoms with van der Waals surface area (Å²) in [6, 6.07) is 20.7. The van der Waals surface area contributed by atoms with Crippen LogP contribution in [-0.4, -0.2) is 71.3 Å². The normalized spacial score (nSPS) is 19.9. The van der Waals surface area contributed by atoms with Crippen molar-refractivity contribution in [2.75, 3.05) is 31.6 Å². The number of carbonyl (C=O) groups is 2. The minimum atomic E-state index is -0.575. The molecule has 1 aliphatic carbocycles. The van der Waals surface area contributed by atoms with Crippen LogP contribution >= 0.6 is 0 Å². The Labute approximate surface area is 279 Å². The summed E-state index contributed by atoms with van der Waals surface area (Å²) in [7, 11) is 2.17. The molecule has 3 heterocycles. The van der Waals surface area contributed by atoms with Crippen LogP contribution in [0.3, 0.4) is 0 Å². The summed E-state index contributed by atoms with van der Waals surface area (Å²) >= 11 is 0. The van der Waals surface area contributed by atoms with E-state index in [-0.39, 0.29) is 36.9 Å². The lowest BCUT2D eigenvalue weighted by Crippen LogP contribution is -2.52. The van der Waals surface area contributed by atoms with E-state index in [0.29, 0.717) is 6.54 Å². The van der Waals surface area contributed by atoms with Gasteiger partial charge in [0, 0.05) is 44.1 Å². The number of aromatic nitrogens is 1. The molecule has 47 heavy (non-hydrogen) atoms. The molecule has 2 aromatic carbocycles. The van der Waals surface area contributed by atoms with E-state index >= 15 is 0 Å². The Morgan fingerprint density at radius 3 is 2.51 bits per heavy atom. The molecule has 0 radical (unpaired) electrons. The second-order valence-electron chi connectivity index (χ2n) is 14.2. The maximum absolute atomic E-state index is 13.6. The molecule has 0 bridgehead atoms. The molecule has 9 nitrogen and oxygen atoms in total. The number of pyridine rings is 1. The molecule has 6 rings (SSSR count). The van der Waals surface area contributed by atoms with Crippen molar-refractivity contribution in [1.29, 1.82) is 0 Å². The summed E-state index contributed by atoms with van der Waals surface area (Å²) in [4.78, 5) is 37.7. The van der Waals surface area contributed by atoms with E-state index in [0.717, 1.165) is 63.7 Å². The Kier molecular flexibility index (Phi) is 10.0. The number of carbonyl (C=O) groups excluding carboxylic acids is 2. The van der Waals surface area contributed by atoms with Gasteiger partial charge in [-0.25, -0.2) is 9.59 Å². The van der Waals surface area contributed by atoms with Gasteiger partial charge in [0.15, 0.2) is 0 Å². The first-order valence-corrected chi connectivity index (χ1v) is 17.1. The first kappa shape index (κ1) is 32.8. The number of hydrogen-bond donors (Lipinski definition) is 1. The van der Waals surface area contributed by atoms with Crippen LogP contribution in [0.4, 0.5) is 15.3 Å². The zero-order valence-electron chi connectivity index (χ0n) is 28.3. The number of rotatable bonds is 7. The van der Waals surface area contributed by atoms with Crippen LogP contribution in [0.25, 0.3) is 0 Å². The van der Waals surface area contributed by atoms with E-state index < -0.39 is 5.60 Å². The minimum Gasteiger partial charge on any atom is -0.445 e. The van der Waals surface area contributed by atoms with Gasteiger partial charge in [-0.3, -0.25) is 14.8 Å². The van der Waals surface area contributed by atoms with Crippen molar-refractivity contribution in [1.82, 2.24) is 20.1 Å². The second-order valence-corrected chi connectivity index (χ2v) is 14.2. The molecule has 1 saturated heterocycles. The van der Waals surface area contributed by atoms with E-state index in [1.54, 1.807) is 0 Å². The van der Waals surface area contributed by atoms with Crippen LogP contribution in [0.5, 0.6) is 0 Å². The second kappa shape index (κ2) is 14.3. The third-order valence-electron chi connectivity index (χ3n) is 9.66. The lowest BCUT2D eigenvalue weighted by Gasteiger charge is -2.43. The molecule has 2 aliphatic heterocycles. The first-order valence-electron chi connectivity index (χ1n) is 17.1. The number of likely N-dealkylation sites (N-methyl/N-ethyl adjacent to an activating group) is 1. The molecule has 3 aromatic rings. The Bertz CT molecular complexity index is 1530. The zero-order valence-corrected chi connectivity index (χ0v) is 28.3. The fourth-order valence-electron chi connectivity index (χ4n) is 7.33. The molecule has 2 atom stereocenters. The van der Waals surface area contributed by atoms with Crippen LogP contribution < -0.4 is 10.2 Å². The number of ether oxygens (including phenoxy) is 2. The summed E-state index contributed by atoms with van der Waals surface area (Å²) in [6.07, 6.45) is 6.96. The van der Waals surface area contributed by atoms with Crippen LogP contribution in [0.2, 0.25) is 0 Å². The molecule has 0 unspecified atom stereocenters. The molecule has 1 aromatic heterocycles. The molecule has 1 N–H and O–H groups in total. The summed E-state index contributed by atoms with van der Waals surface area (Å²) in [5.74, 6) is 0. The zero-order chi connectivity index (χ0) is 33.0. The number of benzene rings is 2. The molecule has 250 valence electrons. The van der Waals surface area contributed by atoms with Crippen molar-refractivity contribution in [2.24, 2.45) is 0 Å². The van der Waals surface area contributed by atoms with Gasteiger partial charge in [0.1, 0.15) is 12.2 Å². The highest BCUT2D eigenvalue weighted by molar-refractivity contribution is 5.70.